The lowest BCUT2D eigenvalue weighted by atomic mass is 9.80. The van der Waals surface area contributed by atoms with Crippen LogP contribution in [-0.4, -0.2) is 24.2 Å². The van der Waals surface area contributed by atoms with Gasteiger partial charge in [-0.2, -0.15) is 13.2 Å². The summed E-state index contributed by atoms with van der Waals surface area (Å²) in [6, 6.07) is 0. The SMILES string of the molecule is CC(C)CC(C)(CN)NC(=O)C1CCC(C(F)(F)F)CC1. The molecule has 1 aliphatic carbocycles. The number of amides is 1. The average molecular weight is 308 g/mol. The summed E-state index contributed by atoms with van der Waals surface area (Å²) in [5.74, 6) is -1.33. The zero-order valence-electron chi connectivity index (χ0n) is 13.1. The van der Waals surface area contributed by atoms with Crippen LogP contribution < -0.4 is 11.1 Å². The first-order chi connectivity index (χ1) is 9.57. The molecule has 1 saturated carbocycles. The van der Waals surface area contributed by atoms with Crippen molar-refractivity contribution in [2.24, 2.45) is 23.5 Å². The number of carbonyl (C=O) groups excluding carboxylic acids is 1. The number of carbonyl (C=O) groups is 1. The third kappa shape index (κ3) is 5.49. The summed E-state index contributed by atoms with van der Waals surface area (Å²) in [5.41, 5.74) is 5.27. The molecule has 124 valence electrons. The van der Waals surface area contributed by atoms with Crippen LogP contribution >= 0.6 is 0 Å². The van der Waals surface area contributed by atoms with Crippen LogP contribution in [0, 0.1) is 17.8 Å². The van der Waals surface area contributed by atoms with Gasteiger partial charge < -0.3 is 11.1 Å². The number of alkyl halides is 3. The van der Waals surface area contributed by atoms with Gasteiger partial charge in [0.1, 0.15) is 0 Å². The van der Waals surface area contributed by atoms with E-state index in [2.05, 4.69) is 19.2 Å². The minimum absolute atomic E-state index is 0.0467. The first-order valence-electron chi connectivity index (χ1n) is 7.66. The van der Waals surface area contributed by atoms with Crippen molar-refractivity contribution in [1.29, 1.82) is 0 Å². The largest absolute Gasteiger partial charge is 0.391 e. The second-order valence-electron chi connectivity index (χ2n) is 6.94. The Morgan fingerprint density at radius 1 is 1.24 bits per heavy atom. The van der Waals surface area contributed by atoms with E-state index in [0.717, 1.165) is 6.42 Å². The highest BCUT2D eigenvalue weighted by atomic mass is 19.4. The smallest absolute Gasteiger partial charge is 0.349 e. The van der Waals surface area contributed by atoms with Crippen molar-refractivity contribution >= 4 is 5.91 Å². The second-order valence-corrected chi connectivity index (χ2v) is 6.94. The van der Waals surface area contributed by atoms with Crippen LogP contribution in [0.2, 0.25) is 0 Å². The molecule has 0 aromatic carbocycles. The number of hydrogen-bond acceptors (Lipinski definition) is 2. The van der Waals surface area contributed by atoms with Gasteiger partial charge in [0.05, 0.1) is 5.92 Å². The van der Waals surface area contributed by atoms with Gasteiger partial charge in [-0.25, -0.2) is 0 Å². The summed E-state index contributed by atoms with van der Waals surface area (Å²) in [6.07, 6.45) is -2.68. The summed E-state index contributed by atoms with van der Waals surface area (Å²) >= 11 is 0. The maximum Gasteiger partial charge on any atom is 0.391 e. The van der Waals surface area contributed by atoms with E-state index in [4.69, 9.17) is 5.73 Å². The topological polar surface area (TPSA) is 55.1 Å². The van der Waals surface area contributed by atoms with Crippen LogP contribution in [0.1, 0.15) is 52.9 Å². The highest BCUT2D eigenvalue weighted by Gasteiger charge is 2.43. The van der Waals surface area contributed by atoms with E-state index in [1.165, 1.54) is 0 Å². The number of halogens is 3. The zero-order chi connectivity index (χ0) is 16.3. The van der Waals surface area contributed by atoms with Gasteiger partial charge in [-0.1, -0.05) is 13.8 Å². The molecule has 0 radical (unpaired) electrons. The molecular weight excluding hydrogens is 281 g/mol. The normalized spacial score (nSPS) is 26.5. The van der Waals surface area contributed by atoms with Gasteiger partial charge in [0.25, 0.3) is 0 Å². The molecule has 1 fully saturated rings. The molecule has 1 unspecified atom stereocenters. The molecule has 0 bridgehead atoms. The van der Waals surface area contributed by atoms with E-state index >= 15 is 0 Å². The fraction of sp³-hybridized carbons (Fsp3) is 0.933. The summed E-state index contributed by atoms with van der Waals surface area (Å²) < 4.78 is 37.9. The monoisotopic (exact) mass is 308 g/mol. The quantitative estimate of drug-likeness (QED) is 0.819. The van der Waals surface area contributed by atoms with E-state index in [9.17, 15) is 18.0 Å². The predicted octanol–water partition coefficient (Wildman–Crippen LogP) is 3.23. The van der Waals surface area contributed by atoms with Crippen molar-refractivity contribution in [3.63, 3.8) is 0 Å². The van der Waals surface area contributed by atoms with Crippen LogP contribution in [0.25, 0.3) is 0 Å². The van der Waals surface area contributed by atoms with Crippen LogP contribution in [0.15, 0.2) is 0 Å². The molecule has 6 heteroatoms. The van der Waals surface area contributed by atoms with Gasteiger partial charge in [0.15, 0.2) is 0 Å². The number of nitrogens with two attached hydrogens (primary N) is 1. The molecular formula is C15H27F3N2O. The number of nitrogens with one attached hydrogen (secondary N) is 1. The lowest BCUT2D eigenvalue weighted by molar-refractivity contribution is -0.184. The summed E-state index contributed by atoms with van der Waals surface area (Å²) in [7, 11) is 0. The fourth-order valence-electron chi connectivity index (χ4n) is 3.17. The van der Waals surface area contributed by atoms with Gasteiger partial charge in [0.2, 0.25) is 5.91 Å². The van der Waals surface area contributed by atoms with Crippen LogP contribution in [-0.2, 0) is 4.79 Å². The molecule has 0 spiro atoms. The molecule has 1 amide bonds. The van der Waals surface area contributed by atoms with Gasteiger partial charge in [-0.15, -0.1) is 0 Å². The Labute approximate surface area is 124 Å². The molecule has 0 aromatic heterocycles. The molecule has 1 rings (SSSR count). The maximum atomic E-state index is 12.6. The molecule has 0 heterocycles. The Kier molecular flexibility index (Phi) is 6.08. The van der Waals surface area contributed by atoms with Gasteiger partial charge in [-0.3, -0.25) is 4.79 Å². The maximum absolute atomic E-state index is 12.6. The molecule has 3 N–H and O–H groups in total. The summed E-state index contributed by atoms with van der Waals surface area (Å²) in [4.78, 5) is 12.3. The van der Waals surface area contributed by atoms with E-state index in [-0.39, 0.29) is 24.7 Å². The Morgan fingerprint density at radius 3 is 2.14 bits per heavy atom. The van der Waals surface area contributed by atoms with Crippen LogP contribution in [0.4, 0.5) is 13.2 Å². The highest BCUT2D eigenvalue weighted by molar-refractivity contribution is 5.79. The van der Waals surface area contributed by atoms with Gasteiger partial charge >= 0.3 is 6.18 Å². The van der Waals surface area contributed by atoms with Crippen molar-refractivity contribution < 1.29 is 18.0 Å². The summed E-state index contributed by atoms with van der Waals surface area (Å²) in [5, 5.41) is 2.95. The Balaban J connectivity index is 2.54. The molecule has 1 atom stereocenters. The van der Waals surface area contributed by atoms with Crippen LogP contribution in [0.5, 0.6) is 0 Å². The Morgan fingerprint density at radius 2 is 1.76 bits per heavy atom. The second kappa shape index (κ2) is 6.99. The number of rotatable bonds is 5. The molecule has 0 aliphatic heterocycles. The van der Waals surface area contributed by atoms with E-state index in [1.807, 2.05) is 6.92 Å². The molecule has 21 heavy (non-hydrogen) atoms. The predicted molar refractivity (Wildman–Crippen MR) is 76.6 cm³/mol. The molecule has 1 aliphatic rings. The fourth-order valence-corrected chi connectivity index (χ4v) is 3.17. The van der Waals surface area contributed by atoms with Crippen molar-refractivity contribution in [2.75, 3.05) is 6.54 Å². The van der Waals surface area contributed by atoms with E-state index in [1.54, 1.807) is 0 Å². The molecule has 3 nitrogen and oxygen atoms in total. The third-order valence-corrected chi connectivity index (χ3v) is 4.30. The first-order valence-corrected chi connectivity index (χ1v) is 7.66. The Bertz CT molecular complexity index is 349. The van der Waals surface area contributed by atoms with Crippen molar-refractivity contribution in [2.45, 2.75) is 64.6 Å². The zero-order valence-corrected chi connectivity index (χ0v) is 13.1. The third-order valence-electron chi connectivity index (χ3n) is 4.30. The van der Waals surface area contributed by atoms with E-state index in [0.29, 0.717) is 25.3 Å². The lowest BCUT2D eigenvalue weighted by Gasteiger charge is -2.35. The van der Waals surface area contributed by atoms with Gasteiger partial charge in [-0.05, 0) is 44.9 Å². The summed E-state index contributed by atoms with van der Waals surface area (Å²) in [6.45, 7) is 6.32. The minimum Gasteiger partial charge on any atom is -0.349 e. The molecule has 0 saturated heterocycles. The Hall–Kier alpha value is -0.780. The standard InChI is InChI=1S/C15H27F3N2O/c1-10(2)8-14(3,9-19)20-13(21)11-4-6-12(7-5-11)15(16,17)18/h10-12H,4-9,19H2,1-3H3,(H,20,21). The minimum atomic E-state index is -4.13. The van der Waals surface area contributed by atoms with Gasteiger partial charge in [0, 0.05) is 18.0 Å². The number of hydrogen-bond donors (Lipinski definition) is 2. The molecule has 0 aromatic rings. The lowest BCUT2D eigenvalue weighted by Crippen LogP contribution is -2.54. The van der Waals surface area contributed by atoms with Crippen molar-refractivity contribution in [3.8, 4) is 0 Å². The van der Waals surface area contributed by atoms with Crippen molar-refractivity contribution in [1.82, 2.24) is 5.32 Å². The highest BCUT2D eigenvalue weighted by Crippen LogP contribution is 2.39. The first kappa shape index (κ1) is 18.3. The van der Waals surface area contributed by atoms with Crippen molar-refractivity contribution in [3.05, 3.63) is 0 Å². The van der Waals surface area contributed by atoms with E-state index < -0.39 is 17.6 Å². The average Bonchev–Trinajstić information content (AvgIpc) is 2.36. The van der Waals surface area contributed by atoms with Crippen LogP contribution in [0.3, 0.4) is 0 Å².